The zero-order valence-electron chi connectivity index (χ0n) is 9.53. The van der Waals surface area contributed by atoms with Crippen molar-refractivity contribution in [1.29, 1.82) is 0 Å². The third kappa shape index (κ3) is 2.39. The van der Waals surface area contributed by atoms with Gasteiger partial charge in [0.15, 0.2) is 0 Å². The summed E-state index contributed by atoms with van der Waals surface area (Å²) in [6.45, 7) is 7.76. The van der Waals surface area contributed by atoms with Gasteiger partial charge in [0.05, 0.1) is 0 Å². The highest BCUT2D eigenvalue weighted by molar-refractivity contribution is 5.30. The number of benzene rings is 1. The average molecular weight is 205 g/mol. The number of likely N-dealkylation sites (tertiary alicyclic amines) is 1. The number of nitrogens with zero attached hydrogens (tertiary/aromatic N) is 1. The molecule has 82 valence electrons. The van der Waals surface area contributed by atoms with Crippen LogP contribution in [0.15, 0.2) is 18.2 Å². The van der Waals surface area contributed by atoms with Crippen molar-refractivity contribution in [3.63, 3.8) is 0 Å². The third-order valence-electron chi connectivity index (χ3n) is 3.18. The Labute approximate surface area is 91.5 Å². The maximum atomic E-state index is 8.93. The minimum absolute atomic E-state index is 0.337. The van der Waals surface area contributed by atoms with E-state index < -0.39 is 0 Å². The van der Waals surface area contributed by atoms with Crippen molar-refractivity contribution in [2.24, 2.45) is 5.92 Å². The maximum Gasteiger partial charge on any atom is 0.0483 e. The normalized spacial score (nSPS) is 17.8. The zero-order valence-corrected chi connectivity index (χ0v) is 9.53. The van der Waals surface area contributed by atoms with Crippen LogP contribution in [0, 0.1) is 19.8 Å². The predicted molar refractivity (Wildman–Crippen MR) is 61.8 cm³/mol. The molecule has 1 fully saturated rings. The number of rotatable bonds is 3. The Morgan fingerprint density at radius 1 is 1.33 bits per heavy atom. The number of aryl methyl sites for hydroxylation is 2. The number of aliphatic hydroxyl groups excluding tert-OH is 1. The summed E-state index contributed by atoms with van der Waals surface area (Å²) in [6.07, 6.45) is 0. The summed E-state index contributed by atoms with van der Waals surface area (Å²) in [5.74, 6) is 0.510. The molecule has 1 N–H and O–H groups in total. The minimum atomic E-state index is 0.337. The highest BCUT2D eigenvalue weighted by Gasteiger charge is 2.25. The molecule has 0 bridgehead atoms. The molecule has 0 saturated carbocycles. The monoisotopic (exact) mass is 205 g/mol. The molecule has 0 spiro atoms. The molecule has 0 radical (unpaired) electrons. The van der Waals surface area contributed by atoms with Crippen LogP contribution in [-0.4, -0.2) is 29.7 Å². The largest absolute Gasteiger partial charge is 0.396 e. The molecule has 1 aliphatic heterocycles. The first kappa shape index (κ1) is 10.7. The minimum Gasteiger partial charge on any atom is -0.396 e. The molecule has 2 heteroatoms. The average Bonchev–Trinajstić information content (AvgIpc) is 2.13. The zero-order chi connectivity index (χ0) is 10.8. The van der Waals surface area contributed by atoms with Crippen LogP contribution in [0.5, 0.6) is 0 Å². The Bertz CT molecular complexity index is 342. The van der Waals surface area contributed by atoms with Crippen LogP contribution >= 0.6 is 0 Å². The summed E-state index contributed by atoms with van der Waals surface area (Å²) in [5.41, 5.74) is 4.12. The van der Waals surface area contributed by atoms with Crippen molar-refractivity contribution in [1.82, 2.24) is 4.90 Å². The van der Waals surface area contributed by atoms with E-state index in [1.807, 2.05) is 0 Å². The number of hydrogen-bond donors (Lipinski definition) is 1. The molecule has 0 unspecified atom stereocenters. The van der Waals surface area contributed by atoms with Gasteiger partial charge in [0.2, 0.25) is 0 Å². The van der Waals surface area contributed by atoms with Crippen molar-refractivity contribution in [3.05, 3.63) is 34.9 Å². The van der Waals surface area contributed by atoms with Crippen LogP contribution in [0.2, 0.25) is 0 Å². The van der Waals surface area contributed by atoms with Gasteiger partial charge in [-0.05, 0) is 25.0 Å². The van der Waals surface area contributed by atoms with Gasteiger partial charge >= 0.3 is 0 Å². The van der Waals surface area contributed by atoms with E-state index in [0.717, 1.165) is 19.6 Å². The molecule has 1 aromatic carbocycles. The van der Waals surface area contributed by atoms with E-state index in [0.29, 0.717) is 12.5 Å². The Morgan fingerprint density at radius 2 is 2.07 bits per heavy atom. The van der Waals surface area contributed by atoms with Gasteiger partial charge in [-0.15, -0.1) is 0 Å². The summed E-state index contributed by atoms with van der Waals surface area (Å²) in [6, 6.07) is 6.63. The highest BCUT2D eigenvalue weighted by Crippen LogP contribution is 2.20. The predicted octanol–water partition coefficient (Wildman–Crippen LogP) is 1.73. The topological polar surface area (TPSA) is 23.5 Å². The molecule has 0 amide bonds. The SMILES string of the molecule is Cc1ccc(CN2CC(CO)C2)c(C)c1. The van der Waals surface area contributed by atoms with Gasteiger partial charge in [-0.3, -0.25) is 4.90 Å². The summed E-state index contributed by atoms with van der Waals surface area (Å²) < 4.78 is 0. The molecular formula is C13H19NO. The Morgan fingerprint density at radius 3 is 2.67 bits per heavy atom. The van der Waals surface area contributed by atoms with Gasteiger partial charge < -0.3 is 5.11 Å². The summed E-state index contributed by atoms with van der Waals surface area (Å²) >= 11 is 0. The van der Waals surface area contributed by atoms with E-state index in [9.17, 15) is 0 Å². The first-order valence-corrected chi connectivity index (χ1v) is 5.58. The Kier molecular flexibility index (Phi) is 3.08. The lowest BCUT2D eigenvalue weighted by atomic mass is 9.98. The fourth-order valence-electron chi connectivity index (χ4n) is 2.19. The summed E-state index contributed by atoms with van der Waals surface area (Å²) in [5, 5.41) is 8.93. The molecule has 1 aliphatic rings. The second kappa shape index (κ2) is 4.33. The van der Waals surface area contributed by atoms with Gasteiger partial charge in [-0.1, -0.05) is 23.8 Å². The summed E-state index contributed by atoms with van der Waals surface area (Å²) in [7, 11) is 0. The molecule has 0 aliphatic carbocycles. The summed E-state index contributed by atoms with van der Waals surface area (Å²) in [4.78, 5) is 2.39. The second-order valence-corrected chi connectivity index (χ2v) is 4.67. The molecule has 1 aromatic rings. The van der Waals surface area contributed by atoms with Gasteiger partial charge in [-0.2, -0.15) is 0 Å². The van der Waals surface area contributed by atoms with Crippen LogP contribution in [0.4, 0.5) is 0 Å². The van der Waals surface area contributed by atoms with Crippen molar-refractivity contribution in [2.75, 3.05) is 19.7 Å². The van der Waals surface area contributed by atoms with Gasteiger partial charge in [-0.25, -0.2) is 0 Å². The van der Waals surface area contributed by atoms with Crippen LogP contribution in [0.3, 0.4) is 0 Å². The quantitative estimate of drug-likeness (QED) is 0.812. The van der Waals surface area contributed by atoms with Crippen molar-refractivity contribution in [3.8, 4) is 0 Å². The molecule has 0 atom stereocenters. The Balaban J connectivity index is 1.94. The Hall–Kier alpha value is -0.860. The van der Waals surface area contributed by atoms with E-state index in [4.69, 9.17) is 5.11 Å². The van der Waals surface area contributed by atoms with Gasteiger partial charge in [0.25, 0.3) is 0 Å². The van der Waals surface area contributed by atoms with Crippen molar-refractivity contribution in [2.45, 2.75) is 20.4 Å². The first-order chi connectivity index (χ1) is 7.19. The lowest BCUT2D eigenvalue weighted by molar-refractivity contribution is 0.0478. The fourth-order valence-corrected chi connectivity index (χ4v) is 2.19. The van der Waals surface area contributed by atoms with Crippen LogP contribution in [0.25, 0.3) is 0 Å². The van der Waals surface area contributed by atoms with Gasteiger partial charge in [0.1, 0.15) is 0 Å². The standard InChI is InChI=1S/C13H19NO/c1-10-3-4-13(11(2)5-10)8-14-6-12(7-14)9-15/h3-5,12,15H,6-9H2,1-2H3. The highest BCUT2D eigenvalue weighted by atomic mass is 16.3. The maximum absolute atomic E-state index is 8.93. The molecule has 2 rings (SSSR count). The molecule has 1 heterocycles. The van der Waals surface area contributed by atoms with E-state index >= 15 is 0 Å². The van der Waals surface area contributed by atoms with Gasteiger partial charge in [0, 0.05) is 32.2 Å². The molecule has 15 heavy (non-hydrogen) atoms. The van der Waals surface area contributed by atoms with E-state index in [2.05, 4.69) is 36.9 Å². The van der Waals surface area contributed by atoms with Crippen LogP contribution in [0.1, 0.15) is 16.7 Å². The lowest BCUT2D eigenvalue weighted by Gasteiger charge is -2.38. The molecule has 0 aromatic heterocycles. The number of hydrogen-bond acceptors (Lipinski definition) is 2. The number of aliphatic hydroxyl groups is 1. The van der Waals surface area contributed by atoms with Crippen molar-refractivity contribution < 1.29 is 5.11 Å². The van der Waals surface area contributed by atoms with Crippen molar-refractivity contribution >= 4 is 0 Å². The van der Waals surface area contributed by atoms with Crippen LogP contribution < -0.4 is 0 Å². The first-order valence-electron chi connectivity index (χ1n) is 5.58. The molecule has 2 nitrogen and oxygen atoms in total. The van der Waals surface area contributed by atoms with E-state index in [-0.39, 0.29) is 0 Å². The van der Waals surface area contributed by atoms with E-state index in [1.165, 1.54) is 16.7 Å². The third-order valence-corrected chi connectivity index (χ3v) is 3.18. The lowest BCUT2D eigenvalue weighted by Crippen LogP contribution is -2.47. The van der Waals surface area contributed by atoms with Crippen LogP contribution in [-0.2, 0) is 6.54 Å². The van der Waals surface area contributed by atoms with E-state index in [1.54, 1.807) is 0 Å². The fraction of sp³-hybridized carbons (Fsp3) is 0.538. The molecule has 1 saturated heterocycles. The molecular weight excluding hydrogens is 186 g/mol. The smallest absolute Gasteiger partial charge is 0.0483 e. The second-order valence-electron chi connectivity index (χ2n) is 4.67.